The molecule has 1 aromatic rings. The summed E-state index contributed by atoms with van der Waals surface area (Å²) in [6.07, 6.45) is 0.927. The number of nitrogens with one attached hydrogen (secondary N) is 1. The summed E-state index contributed by atoms with van der Waals surface area (Å²) >= 11 is 0. The van der Waals surface area contributed by atoms with E-state index >= 15 is 0 Å². The number of carboxylic acid groups (broad SMARTS) is 1. The molecule has 0 aromatic carbocycles. The van der Waals surface area contributed by atoms with Gasteiger partial charge in [0.1, 0.15) is 6.23 Å². The third-order valence-electron chi connectivity index (χ3n) is 2.98. The number of aliphatic carboxylic acids is 1. The lowest BCUT2D eigenvalue weighted by Crippen LogP contribution is -2.34. The third-order valence-corrected chi connectivity index (χ3v) is 2.98. The van der Waals surface area contributed by atoms with E-state index < -0.39 is 29.9 Å². The van der Waals surface area contributed by atoms with Crippen molar-refractivity contribution in [2.24, 2.45) is 0 Å². The number of hydrogen-bond donors (Lipinski definition) is 3. The van der Waals surface area contributed by atoms with E-state index in [9.17, 15) is 14.4 Å². The summed E-state index contributed by atoms with van der Waals surface area (Å²) in [5, 5.41) is 17.7. The first kappa shape index (κ1) is 13.5. The zero-order chi connectivity index (χ0) is 14.0. The van der Waals surface area contributed by atoms with Crippen molar-refractivity contribution in [2.75, 3.05) is 6.61 Å². The van der Waals surface area contributed by atoms with E-state index in [-0.39, 0.29) is 18.3 Å². The highest BCUT2D eigenvalue weighted by molar-refractivity contribution is 5.69. The van der Waals surface area contributed by atoms with Crippen molar-refractivity contribution in [2.45, 2.75) is 31.6 Å². The van der Waals surface area contributed by atoms with Crippen LogP contribution in [0.2, 0.25) is 0 Å². The summed E-state index contributed by atoms with van der Waals surface area (Å²) in [6, 6.07) is 0. The van der Waals surface area contributed by atoms with E-state index in [2.05, 4.69) is 4.98 Å². The molecular weight excluding hydrogens is 256 g/mol. The SMILES string of the molecule is O=C(O)Cc1cn(C2CCC(CO)O2)c(=O)[nH]c1=O. The third kappa shape index (κ3) is 2.91. The normalized spacial score (nSPS) is 22.6. The van der Waals surface area contributed by atoms with Crippen molar-refractivity contribution in [3.05, 3.63) is 32.6 Å². The maximum Gasteiger partial charge on any atom is 0.330 e. The maximum absolute atomic E-state index is 11.7. The van der Waals surface area contributed by atoms with Gasteiger partial charge in [-0.05, 0) is 12.8 Å². The van der Waals surface area contributed by atoms with Crippen molar-refractivity contribution in [1.29, 1.82) is 0 Å². The van der Waals surface area contributed by atoms with E-state index in [0.717, 1.165) is 4.57 Å². The molecule has 8 nitrogen and oxygen atoms in total. The highest BCUT2D eigenvalue weighted by Crippen LogP contribution is 2.26. The minimum absolute atomic E-state index is 0.0110. The van der Waals surface area contributed by atoms with Crippen LogP contribution in [0, 0.1) is 0 Å². The molecule has 0 spiro atoms. The second-order valence-corrected chi connectivity index (χ2v) is 4.36. The fourth-order valence-corrected chi connectivity index (χ4v) is 2.06. The molecule has 1 saturated heterocycles. The van der Waals surface area contributed by atoms with Gasteiger partial charge in [0.15, 0.2) is 0 Å². The van der Waals surface area contributed by atoms with Crippen LogP contribution in [0.1, 0.15) is 24.6 Å². The minimum atomic E-state index is -1.16. The van der Waals surface area contributed by atoms with Crippen molar-refractivity contribution < 1.29 is 19.7 Å². The van der Waals surface area contributed by atoms with Gasteiger partial charge < -0.3 is 14.9 Å². The molecule has 104 valence electrons. The van der Waals surface area contributed by atoms with E-state index in [1.807, 2.05) is 0 Å². The lowest BCUT2D eigenvalue weighted by atomic mass is 10.2. The maximum atomic E-state index is 11.7. The molecule has 2 atom stereocenters. The molecule has 0 aliphatic carbocycles. The standard InChI is InChI=1S/C11H14N2O6/c14-5-7-1-2-8(19-7)13-4-6(3-9(15)16)10(17)12-11(13)18/h4,7-8,14H,1-3,5H2,(H,15,16)(H,12,17,18). The number of rotatable bonds is 4. The first-order valence-electron chi connectivity index (χ1n) is 5.83. The fourth-order valence-electron chi connectivity index (χ4n) is 2.06. The Morgan fingerprint density at radius 2 is 2.21 bits per heavy atom. The molecule has 0 radical (unpaired) electrons. The Kier molecular flexibility index (Phi) is 3.82. The Balaban J connectivity index is 2.33. The summed E-state index contributed by atoms with van der Waals surface area (Å²) in [7, 11) is 0. The topological polar surface area (TPSA) is 122 Å². The number of aliphatic hydroxyl groups excluding tert-OH is 1. The summed E-state index contributed by atoms with van der Waals surface area (Å²) in [4.78, 5) is 35.8. The van der Waals surface area contributed by atoms with Crippen molar-refractivity contribution in [3.8, 4) is 0 Å². The summed E-state index contributed by atoms with van der Waals surface area (Å²) in [5.74, 6) is -1.16. The van der Waals surface area contributed by atoms with Gasteiger partial charge in [-0.15, -0.1) is 0 Å². The van der Waals surface area contributed by atoms with Gasteiger partial charge in [-0.1, -0.05) is 0 Å². The first-order chi connectivity index (χ1) is 9.01. The van der Waals surface area contributed by atoms with Crippen molar-refractivity contribution >= 4 is 5.97 Å². The van der Waals surface area contributed by atoms with Crippen LogP contribution in [-0.2, 0) is 16.0 Å². The monoisotopic (exact) mass is 270 g/mol. The Morgan fingerprint density at radius 3 is 2.79 bits per heavy atom. The molecule has 0 bridgehead atoms. The van der Waals surface area contributed by atoms with Crippen molar-refractivity contribution in [3.63, 3.8) is 0 Å². The quantitative estimate of drug-likeness (QED) is 0.634. The molecule has 2 rings (SSSR count). The molecular formula is C11H14N2O6. The molecule has 2 heterocycles. The van der Waals surface area contributed by atoms with Crippen LogP contribution in [0.15, 0.2) is 15.8 Å². The fraction of sp³-hybridized carbons (Fsp3) is 0.545. The predicted molar refractivity (Wildman–Crippen MR) is 62.9 cm³/mol. The molecule has 3 N–H and O–H groups in total. The van der Waals surface area contributed by atoms with Crippen LogP contribution in [0.3, 0.4) is 0 Å². The van der Waals surface area contributed by atoms with Crippen molar-refractivity contribution in [1.82, 2.24) is 9.55 Å². The van der Waals surface area contributed by atoms with Gasteiger partial charge in [0.25, 0.3) is 5.56 Å². The number of carboxylic acids is 1. The van der Waals surface area contributed by atoms with Gasteiger partial charge in [0, 0.05) is 11.8 Å². The highest BCUT2D eigenvalue weighted by atomic mass is 16.5. The van der Waals surface area contributed by atoms with E-state index in [1.54, 1.807) is 0 Å². The number of carbonyl (C=O) groups is 1. The van der Waals surface area contributed by atoms with Gasteiger partial charge in [-0.3, -0.25) is 19.1 Å². The van der Waals surface area contributed by atoms with Gasteiger partial charge >= 0.3 is 11.7 Å². The smallest absolute Gasteiger partial charge is 0.330 e. The van der Waals surface area contributed by atoms with Crippen LogP contribution >= 0.6 is 0 Å². The number of ether oxygens (including phenoxy) is 1. The van der Waals surface area contributed by atoms with Crippen LogP contribution in [0.4, 0.5) is 0 Å². The Labute approximate surface area is 107 Å². The Morgan fingerprint density at radius 1 is 1.47 bits per heavy atom. The van der Waals surface area contributed by atoms with Crippen LogP contribution < -0.4 is 11.2 Å². The van der Waals surface area contributed by atoms with Gasteiger partial charge in [-0.2, -0.15) is 0 Å². The van der Waals surface area contributed by atoms with E-state index in [4.69, 9.17) is 14.9 Å². The predicted octanol–water partition coefficient (Wildman–Crippen LogP) is -1.17. The molecule has 19 heavy (non-hydrogen) atoms. The lowest BCUT2D eigenvalue weighted by Gasteiger charge is -2.15. The molecule has 1 fully saturated rings. The number of H-pyrrole nitrogens is 1. The number of aromatic nitrogens is 2. The zero-order valence-electron chi connectivity index (χ0n) is 10.0. The molecule has 1 aliphatic heterocycles. The second kappa shape index (κ2) is 5.37. The summed E-state index contributed by atoms with van der Waals surface area (Å²) in [5.41, 5.74) is -1.37. The number of aliphatic hydroxyl groups is 1. The minimum Gasteiger partial charge on any atom is -0.481 e. The molecule has 2 unspecified atom stereocenters. The van der Waals surface area contributed by atoms with E-state index in [1.165, 1.54) is 6.20 Å². The molecule has 0 saturated carbocycles. The highest BCUT2D eigenvalue weighted by Gasteiger charge is 2.27. The van der Waals surface area contributed by atoms with Crippen LogP contribution in [0.25, 0.3) is 0 Å². The Hall–Kier alpha value is -1.93. The molecule has 1 aliphatic rings. The second-order valence-electron chi connectivity index (χ2n) is 4.36. The van der Waals surface area contributed by atoms with Gasteiger partial charge in [-0.25, -0.2) is 4.79 Å². The first-order valence-corrected chi connectivity index (χ1v) is 5.83. The van der Waals surface area contributed by atoms with E-state index in [0.29, 0.717) is 12.8 Å². The summed E-state index contributed by atoms with van der Waals surface area (Å²) in [6.45, 7) is -0.142. The molecule has 8 heteroatoms. The number of aromatic amines is 1. The summed E-state index contributed by atoms with van der Waals surface area (Å²) < 4.78 is 6.58. The molecule has 1 aromatic heterocycles. The average Bonchev–Trinajstić information content (AvgIpc) is 2.80. The molecule has 0 amide bonds. The van der Waals surface area contributed by atoms with Gasteiger partial charge in [0.2, 0.25) is 0 Å². The zero-order valence-corrected chi connectivity index (χ0v) is 10.0. The number of nitrogens with zero attached hydrogens (tertiary/aromatic N) is 1. The average molecular weight is 270 g/mol. The van der Waals surface area contributed by atoms with Crippen LogP contribution in [0.5, 0.6) is 0 Å². The lowest BCUT2D eigenvalue weighted by molar-refractivity contribution is -0.136. The largest absolute Gasteiger partial charge is 0.481 e. The number of hydrogen-bond acceptors (Lipinski definition) is 5. The van der Waals surface area contributed by atoms with Crippen LogP contribution in [-0.4, -0.2) is 38.4 Å². The Bertz CT molecular complexity index is 590. The van der Waals surface area contributed by atoms with Gasteiger partial charge in [0.05, 0.1) is 19.1 Å².